The van der Waals surface area contributed by atoms with Crippen LogP contribution in [0.5, 0.6) is 0 Å². The molecule has 0 amide bonds. The lowest BCUT2D eigenvalue weighted by Crippen LogP contribution is -2.30. The maximum Gasteiger partial charge on any atom is 0.0897 e. The summed E-state index contributed by atoms with van der Waals surface area (Å²) < 4.78 is 0. The predicted octanol–water partition coefficient (Wildman–Crippen LogP) is 3.65. The molecular formula is C14H26N2S. The van der Waals surface area contributed by atoms with Crippen molar-refractivity contribution in [2.24, 2.45) is 11.8 Å². The molecule has 1 atom stereocenters. The van der Waals surface area contributed by atoms with Crippen molar-refractivity contribution in [2.75, 3.05) is 6.54 Å². The van der Waals surface area contributed by atoms with Crippen molar-refractivity contribution in [1.29, 1.82) is 0 Å². The zero-order valence-corrected chi connectivity index (χ0v) is 12.6. The number of aryl methyl sites for hydroxylation is 1. The van der Waals surface area contributed by atoms with E-state index >= 15 is 0 Å². The minimum Gasteiger partial charge on any atom is -0.314 e. The molecule has 98 valence electrons. The SMILES string of the molecule is Cc1nc(CC(CNC(C)C)CC(C)C)cs1. The molecule has 1 aromatic rings. The molecule has 1 rings (SSSR count). The first-order valence-electron chi connectivity index (χ1n) is 6.61. The number of aromatic nitrogens is 1. The predicted molar refractivity (Wildman–Crippen MR) is 76.6 cm³/mol. The van der Waals surface area contributed by atoms with Gasteiger partial charge in [-0.25, -0.2) is 4.98 Å². The molecule has 0 aliphatic carbocycles. The van der Waals surface area contributed by atoms with Crippen LogP contribution < -0.4 is 5.32 Å². The smallest absolute Gasteiger partial charge is 0.0897 e. The number of nitrogens with one attached hydrogen (secondary N) is 1. The van der Waals surface area contributed by atoms with E-state index in [2.05, 4.69) is 50.3 Å². The van der Waals surface area contributed by atoms with Crippen LogP contribution in [0.15, 0.2) is 5.38 Å². The van der Waals surface area contributed by atoms with Crippen molar-refractivity contribution in [3.63, 3.8) is 0 Å². The van der Waals surface area contributed by atoms with Gasteiger partial charge in [0.25, 0.3) is 0 Å². The first-order valence-corrected chi connectivity index (χ1v) is 7.49. The highest BCUT2D eigenvalue weighted by Crippen LogP contribution is 2.18. The van der Waals surface area contributed by atoms with Gasteiger partial charge in [-0.05, 0) is 38.1 Å². The Labute approximate surface area is 110 Å². The summed E-state index contributed by atoms with van der Waals surface area (Å²) in [5, 5.41) is 6.94. The van der Waals surface area contributed by atoms with E-state index in [9.17, 15) is 0 Å². The largest absolute Gasteiger partial charge is 0.314 e. The van der Waals surface area contributed by atoms with Crippen molar-refractivity contribution >= 4 is 11.3 Å². The molecule has 2 nitrogen and oxygen atoms in total. The van der Waals surface area contributed by atoms with Crippen molar-refractivity contribution in [1.82, 2.24) is 10.3 Å². The number of rotatable bonds is 7. The molecular weight excluding hydrogens is 228 g/mol. The van der Waals surface area contributed by atoms with Crippen LogP contribution >= 0.6 is 11.3 Å². The summed E-state index contributed by atoms with van der Waals surface area (Å²) in [7, 11) is 0. The van der Waals surface area contributed by atoms with Gasteiger partial charge in [-0.15, -0.1) is 11.3 Å². The van der Waals surface area contributed by atoms with Crippen molar-refractivity contribution < 1.29 is 0 Å². The topological polar surface area (TPSA) is 24.9 Å². The molecule has 0 saturated heterocycles. The van der Waals surface area contributed by atoms with Crippen LogP contribution in [0.25, 0.3) is 0 Å². The van der Waals surface area contributed by atoms with Gasteiger partial charge >= 0.3 is 0 Å². The van der Waals surface area contributed by atoms with E-state index in [1.165, 1.54) is 17.1 Å². The fourth-order valence-electron chi connectivity index (χ4n) is 2.11. The summed E-state index contributed by atoms with van der Waals surface area (Å²) >= 11 is 1.76. The van der Waals surface area contributed by atoms with Gasteiger partial charge in [0, 0.05) is 11.4 Å². The third-order valence-corrected chi connectivity index (χ3v) is 3.61. The van der Waals surface area contributed by atoms with Crippen LogP contribution in [-0.2, 0) is 6.42 Å². The molecule has 0 aromatic carbocycles. The van der Waals surface area contributed by atoms with Crippen LogP contribution in [0, 0.1) is 18.8 Å². The molecule has 1 aromatic heterocycles. The average Bonchev–Trinajstić information content (AvgIpc) is 2.59. The highest BCUT2D eigenvalue weighted by molar-refractivity contribution is 7.09. The van der Waals surface area contributed by atoms with E-state index in [-0.39, 0.29) is 0 Å². The Morgan fingerprint density at radius 3 is 2.47 bits per heavy atom. The van der Waals surface area contributed by atoms with Gasteiger partial charge in [0.1, 0.15) is 0 Å². The van der Waals surface area contributed by atoms with Crippen molar-refractivity contribution in [3.05, 3.63) is 16.1 Å². The lowest BCUT2D eigenvalue weighted by atomic mass is 9.93. The summed E-state index contributed by atoms with van der Waals surface area (Å²) in [6.07, 6.45) is 2.39. The lowest BCUT2D eigenvalue weighted by Gasteiger charge is -2.20. The second kappa shape index (κ2) is 7.12. The Hall–Kier alpha value is -0.410. The van der Waals surface area contributed by atoms with Crippen LogP contribution in [0.1, 0.15) is 44.8 Å². The van der Waals surface area contributed by atoms with E-state index in [0.717, 1.165) is 18.9 Å². The number of thiazole rings is 1. The van der Waals surface area contributed by atoms with Gasteiger partial charge in [-0.1, -0.05) is 27.7 Å². The maximum atomic E-state index is 4.58. The zero-order chi connectivity index (χ0) is 12.8. The third-order valence-electron chi connectivity index (χ3n) is 2.78. The first-order chi connectivity index (χ1) is 7.97. The standard InChI is InChI=1S/C14H26N2S/c1-10(2)6-13(8-15-11(3)4)7-14-9-17-12(5)16-14/h9-11,13,15H,6-8H2,1-5H3. The molecule has 3 heteroatoms. The van der Waals surface area contributed by atoms with E-state index in [1.54, 1.807) is 11.3 Å². The Morgan fingerprint density at radius 2 is 2.00 bits per heavy atom. The lowest BCUT2D eigenvalue weighted by molar-refractivity contribution is 0.371. The van der Waals surface area contributed by atoms with Gasteiger partial charge in [0.15, 0.2) is 0 Å². The average molecular weight is 254 g/mol. The number of nitrogens with zero attached hydrogens (tertiary/aromatic N) is 1. The molecule has 0 spiro atoms. The summed E-state index contributed by atoms with van der Waals surface area (Å²) in [6.45, 7) is 12.2. The molecule has 1 unspecified atom stereocenters. The summed E-state index contributed by atoms with van der Waals surface area (Å²) in [6, 6.07) is 0.571. The van der Waals surface area contributed by atoms with Crippen LogP contribution in [-0.4, -0.2) is 17.6 Å². The Bertz CT molecular complexity index is 318. The minimum absolute atomic E-state index is 0.571. The fourth-order valence-corrected chi connectivity index (χ4v) is 2.73. The Morgan fingerprint density at radius 1 is 1.29 bits per heavy atom. The van der Waals surface area contributed by atoms with Gasteiger partial charge in [-0.2, -0.15) is 0 Å². The van der Waals surface area contributed by atoms with Crippen LogP contribution in [0.4, 0.5) is 0 Å². The van der Waals surface area contributed by atoms with E-state index < -0.39 is 0 Å². The second-order valence-corrected chi connectivity index (χ2v) is 6.68. The Kier molecular flexibility index (Phi) is 6.14. The minimum atomic E-state index is 0.571. The van der Waals surface area contributed by atoms with Crippen molar-refractivity contribution in [3.8, 4) is 0 Å². The van der Waals surface area contributed by atoms with Crippen LogP contribution in [0.3, 0.4) is 0 Å². The van der Waals surface area contributed by atoms with Gasteiger partial charge in [0.2, 0.25) is 0 Å². The van der Waals surface area contributed by atoms with Gasteiger partial charge < -0.3 is 5.32 Å². The van der Waals surface area contributed by atoms with Gasteiger partial charge in [-0.3, -0.25) is 0 Å². The molecule has 0 aliphatic rings. The molecule has 0 bridgehead atoms. The monoisotopic (exact) mass is 254 g/mol. The normalized spacial score (nSPS) is 13.6. The third kappa shape index (κ3) is 6.18. The highest BCUT2D eigenvalue weighted by Gasteiger charge is 2.13. The summed E-state index contributed by atoms with van der Waals surface area (Å²) in [4.78, 5) is 4.58. The molecule has 0 fully saturated rings. The molecule has 1 N–H and O–H groups in total. The number of hydrogen-bond acceptors (Lipinski definition) is 3. The number of hydrogen-bond donors (Lipinski definition) is 1. The molecule has 0 aliphatic heterocycles. The maximum absolute atomic E-state index is 4.58. The fraction of sp³-hybridized carbons (Fsp3) is 0.786. The zero-order valence-electron chi connectivity index (χ0n) is 11.8. The summed E-state index contributed by atoms with van der Waals surface area (Å²) in [5.74, 6) is 1.47. The first kappa shape index (κ1) is 14.7. The van der Waals surface area contributed by atoms with Crippen LogP contribution in [0.2, 0.25) is 0 Å². The van der Waals surface area contributed by atoms with Crippen molar-refractivity contribution in [2.45, 2.75) is 53.5 Å². The Balaban J connectivity index is 2.50. The molecule has 1 heterocycles. The van der Waals surface area contributed by atoms with E-state index in [0.29, 0.717) is 12.0 Å². The molecule has 17 heavy (non-hydrogen) atoms. The molecule has 0 saturated carbocycles. The second-order valence-electron chi connectivity index (χ2n) is 5.62. The van der Waals surface area contributed by atoms with Gasteiger partial charge in [0.05, 0.1) is 10.7 Å². The quantitative estimate of drug-likeness (QED) is 0.803. The van der Waals surface area contributed by atoms with E-state index in [1.807, 2.05) is 0 Å². The summed E-state index contributed by atoms with van der Waals surface area (Å²) in [5.41, 5.74) is 1.27. The molecule has 0 radical (unpaired) electrons. The van der Waals surface area contributed by atoms with E-state index in [4.69, 9.17) is 0 Å². The highest BCUT2D eigenvalue weighted by atomic mass is 32.1.